The standard InChI is InChI=1S/C29H20Cl2O4/c30-19-11-13-23(32)21(15-19)27(33)25(17-7-3-1-4-8-17)26-28(34)22-16-20(31)12-14-24(22)35-29(26)18-9-5-2-6-10-18/h1-16,25-26,29,32H/t25-,26-,29+/m1/s1. The zero-order chi connectivity index (χ0) is 24.5. The predicted octanol–water partition coefficient (Wildman–Crippen LogP) is 7.30. The van der Waals surface area contributed by atoms with Gasteiger partial charge in [0.25, 0.3) is 0 Å². The SMILES string of the molecule is O=C1c2cc(Cl)ccc2O[C@@H](c2ccccc2)[C@@H]1[C@H](C(=O)c1cc(Cl)ccc1O)c1ccccc1. The summed E-state index contributed by atoms with van der Waals surface area (Å²) in [5, 5.41) is 11.2. The molecule has 0 fully saturated rings. The fourth-order valence-corrected chi connectivity index (χ4v) is 4.97. The maximum atomic E-state index is 14.1. The molecule has 6 heteroatoms. The molecule has 1 heterocycles. The first-order chi connectivity index (χ1) is 16.9. The fraction of sp³-hybridized carbons (Fsp3) is 0.103. The highest BCUT2D eigenvalue weighted by Crippen LogP contribution is 2.47. The van der Waals surface area contributed by atoms with E-state index in [4.69, 9.17) is 27.9 Å². The fourth-order valence-electron chi connectivity index (χ4n) is 4.62. The topological polar surface area (TPSA) is 63.6 Å². The summed E-state index contributed by atoms with van der Waals surface area (Å²) in [4.78, 5) is 28.1. The molecule has 35 heavy (non-hydrogen) atoms. The van der Waals surface area contributed by atoms with Crippen LogP contribution in [0.1, 0.15) is 43.9 Å². The van der Waals surface area contributed by atoms with Gasteiger partial charge in [0.1, 0.15) is 17.6 Å². The minimum atomic E-state index is -0.953. The first kappa shape index (κ1) is 23.2. The molecule has 3 atom stereocenters. The van der Waals surface area contributed by atoms with Crippen molar-refractivity contribution in [1.82, 2.24) is 0 Å². The van der Waals surface area contributed by atoms with E-state index in [2.05, 4.69) is 0 Å². The van der Waals surface area contributed by atoms with Crippen molar-refractivity contribution in [3.8, 4) is 11.5 Å². The maximum Gasteiger partial charge on any atom is 0.174 e. The lowest BCUT2D eigenvalue weighted by Crippen LogP contribution is -2.39. The summed E-state index contributed by atoms with van der Waals surface area (Å²) in [5.41, 5.74) is 1.75. The summed E-state index contributed by atoms with van der Waals surface area (Å²) in [5.74, 6) is -2.35. The number of hydrogen-bond donors (Lipinski definition) is 1. The summed E-state index contributed by atoms with van der Waals surface area (Å²) in [6, 6.07) is 27.6. The van der Waals surface area contributed by atoms with Gasteiger partial charge in [0, 0.05) is 10.0 Å². The highest BCUT2D eigenvalue weighted by atomic mass is 35.5. The van der Waals surface area contributed by atoms with Crippen LogP contribution < -0.4 is 4.74 Å². The molecule has 4 aromatic carbocycles. The first-order valence-corrected chi connectivity index (χ1v) is 11.8. The van der Waals surface area contributed by atoms with E-state index in [1.165, 1.54) is 18.2 Å². The van der Waals surface area contributed by atoms with E-state index >= 15 is 0 Å². The molecule has 0 aliphatic carbocycles. The highest BCUT2D eigenvalue weighted by Gasteiger charge is 2.46. The van der Waals surface area contributed by atoms with Crippen LogP contribution in [0.4, 0.5) is 0 Å². The van der Waals surface area contributed by atoms with Crippen molar-refractivity contribution in [3.63, 3.8) is 0 Å². The molecule has 1 aliphatic rings. The summed E-state index contributed by atoms with van der Waals surface area (Å²) in [6.45, 7) is 0. The summed E-state index contributed by atoms with van der Waals surface area (Å²) in [6.07, 6.45) is -0.743. The van der Waals surface area contributed by atoms with Gasteiger partial charge < -0.3 is 9.84 Å². The number of phenolic OH excluding ortho intramolecular Hbond substituents is 1. The number of aromatic hydroxyl groups is 1. The molecule has 174 valence electrons. The van der Waals surface area contributed by atoms with E-state index in [1.54, 1.807) is 30.3 Å². The Bertz CT molecular complexity index is 1400. The second-order valence-electron chi connectivity index (χ2n) is 8.39. The van der Waals surface area contributed by atoms with Gasteiger partial charge in [-0.2, -0.15) is 0 Å². The number of carbonyl (C=O) groups is 2. The van der Waals surface area contributed by atoms with Crippen molar-refractivity contribution in [2.75, 3.05) is 0 Å². The second-order valence-corrected chi connectivity index (χ2v) is 9.27. The van der Waals surface area contributed by atoms with Gasteiger partial charge in [-0.1, -0.05) is 83.9 Å². The smallest absolute Gasteiger partial charge is 0.174 e. The van der Waals surface area contributed by atoms with Crippen LogP contribution in [0.5, 0.6) is 11.5 Å². The number of phenols is 1. The molecule has 0 saturated carbocycles. The molecule has 4 aromatic rings. The zero-order valence-corrected chi connectivity index (χ0v) is 19.9. The lowest BCUT2D eigenvalue weighted by molar-refractivity contribution is 0.0548. The largest absolute Gasteiger partial charge is 0.507 e. The third kappa shape index (κ3) is 4.43. The van der Waals surface area contributed by atoms with Gasteiger partial charge in [0.2, 0.25) is 0 Å². The van der Waals surface area contributed by atoms with Gasteiger partial charge in [0.05, 0.1) is 23.0 Å². The normalized spacial score (nSPS) is 17.8. The van der Waals surface area contributed by atoms with Gasteiger partial charge in [-0.25, -0.2) is 0 Å². The monoisotopic (exact) mass is 502 g/mol. The van der Waals surface area contributed by atoms with Crippen molar-refractivity contribution in [2.45, 2.75) is 12.0 Å². The number of ether oxygens (including phenoxy) is 1. The minimum absolute atomic E-state index is 0.0443. The maximum absolute atomic E-state index is 14.1. The number of halogens is 2. The number of carbonyl (C=O) groups excluding carboxylic acids is 2. The van der Waals surface area contributed by atoms with Crippen LogP contribution in [0.2, 0.25) is 10.0 Å². The van der Waals surface area contributed by atoms with Gasteiger partial charge in [-0.05, 0) is 47.5 Å². The van der Waals surface area contributed by atoms with Crippen LogP contribution in [-0.2, 0) is 0 Å². The number of rotatable bonds is 5. The van der Waals surface area contributed by atoms with E-state index < -0.39 is 23.7 Å². The van der Waals surface area contributed by atoms with Crippen LogP contribution in [-0.4, -0.2) is 16.7 Å². The highest BCUT2D eigenvalue weighted by molar-refractivity contribution is 6.31. The zero-order valence-electron chi connectivity index (χ0n) is 18.4. The number of ketones is 2. The molecule has 0 unspecified atom stereocenters. The molecule has 0 amide bonds. The molecule has 4 nitrogen and oxygen atoms in total. The molecule has 0 spiro atoms. The van der Waals surface area contributed by atoms with Gasteiger partial charge in [-0.3, -0.25) is 9.59 Å². The van der Waals surface area contributed by atoms with Crippen LogP contribution in [0.3, 0.4) is 0 Å². The summed E-state index contributed by atoms with van der Waals surface area (Å²) < 4.78 is 6.38. The molecule has 1 aliphatic heterocycles. The average Bonchev–Trinajstić information content (AvgIpc) is 2.88. The van der Waals surface area contributed by atoms with Crippen molar-refractivity contribution in [1.29, 1.82) is 0 Å². The van der Waals surface area contributed by atoms with E-state index in [9.17, 15) is 14.7 Å². The molecule has 0 saturated heterocycles. The van der Waals surface area contributed by atoms with Gasteiger partial charge >= 0.3 is 0 Å². The first-order valence-electron chi connectivity index (χ1n) is 11.1. The predicted molar refractivity (Wildman–Crippen MR) is 136 cm³/mol. The van der Waals surface area contributed by atoms with Gasteiger partial charge in [-0.15, -0.1) is 0 Å². The third-order valence-corrected chi connectivity index (χ3v) is 6.71. The Morgan fingerprint density at radius 2 is 1.46 bits per heavy atom. The Balaban J connectivity index is 1.73. The lowest BCUT2D eigenvalue weighted by Gasteiger charge is -2.37. The molecule has 5 rings (SSSR count). The number of benzene rings is 4. The molecular formula is C29H20Cl2O4. The van der Waals surface area contributed by atoms with Crippen LogP contribution in [0.25, 0.3) is 0 Å². The Kier molecular flexibility index (Phi) is 6.33. The van der Waals surface area contributed by atoms with Crippen molar-refractivity contribution in [3.05, 3.63) is 129 Å². The Morgan fingerprint density at radius 1 is 0.829 bits per heavy atom. The quantitative estimate of drug-likeness (QED) is 0.291. The number of fused-ring (bicyclic) bond motifs is 1. The van der Waals surface area contributed by atoms with Gasteiger partial charge in [0.15, 0.2) is 11.6 Å². The number of hydrogen-bond acceptors (Lipinski definition) is 4. The van der Waals surface area contributed by atoms with E-state index in [0.717, 1.165) is 5.56 Å². The number of Topliss-reactive ketones (excluding diaryl/α,β-unsaturated/α-hetero) is 2. The van der Waals surface area contributed by atoms with Crippen molar-refractivity contribution >= 4 is 34.8 Å². The molecule has 1 N–H and O–H groups in total. The summed E-state index contributed by atoms with van der Waals surface area (Å²) >= 11 is 12.4. The van der Waals surface area contributed by atoms with Crippen LogP contribution in [0, 0.1) is 5.92 Å². The van der Waals surface area contributed by atoms with Crippen LogP contribution >= 0.6 is 23.2 Å². The summed E-state index contributed by atoms with van der Waals surface area (Å²) in [7, 11) is 0. The third-order valence-electron chi connectivity index (χ3n) is 6.24. The lowest BCUT2D eigenvalue weighted by atomic mass is 9.71. The van der Waals surface area contributed by atoms with Crippen molar-refractivity contribution in [2.24, 2.45) is 5.92 Å². The molecule has 0 aromatic heterocycles. The molecule has 0 bridgehead atoms. The second kappa shape index (κ2) is 9.57. The average molecular weight is 503 g/mol. The van der Waals surface area contributed by atoms with Crippen LogP contribution in [0.15, 0.2) is 97.1 Å². The van der Waals surface area contributed by atoms with E-state index in [0.29, 0.717) is 26.9 Å². The minimum Gasteiger partial charge on any atom is -0.507 e. The Labute approximate surface area is 212 Å². The van der Waals surface area contributed by atoms with E-state index in [-0.39, 0.29) is 17.1 Å². The Morgan fingerprint density at radius 3 is 2.17 bits per heavy atom. The Hall–Kier alpha value is -3.60. The van der Waals surface area contributed by atoms with E-state index in [1.807, 2.05) is 48.5 Å². The molecular weight excluding hydrogens is 483 g/mol. The van der Waals surface area contributed by atoms with Crippen molar-refractivity contribution < 1.29 is 19.4 Å². The molecule has 0 radical (unpaired) electrons.